The van der Waals surface area contributed by atoms with Gasteiger partial charge in [0.05, 0.1) is 6.33 Å². The van der Waals surface area contributed by atoms with Crippen molar-refractivity contribution < 1.29 is 27.8 Å². The molecule has 2 aromatic heterocycles. The second-order valence-corrected chi connectivity index (χ2v) is 8.00. The lowest BCUT2D eigenvalue weighted by molar-refractivity contribution is -0.110. The number of halogens is 1. The van der Waals surface area contributed by atoms with Crippen LogP contribution in [0.5, 0.6) is 5.75 Å². The average Bonchev–Trinajstić information content (AvgIpc) is 3.27. The second kappa shape index (κ2) is 8.31. The van der Waals surface area contributed by atoms with E-state index in [1.807, 2.05) is 0 Å². The Morgan fingerprint density at radius 3 is 2.84 bits per heavy atom. The van der Waals surface area contributed by atoms with E-state index in [9.17, 15) is 9.67 Å². The minimum Gasteiger partial charge on any atom is -0.387 e. The lowest BCUT2D eigenvalue weighted by Gasteiger charge is -2.24. The Labute approximate surface area is 177 Å². The van der Waals surface area contributed by atoms with Crippen LogP contribution in [0.15, 0.2) is 36.7 Å². The van der Waals surface area contributed by atoms with E-state index < -0.39 is 32.4 Å². The number of aliphatic hydroxyl groups is 1. The molecular formula is C18H21FN6O5P+. The average molecular weight is 451 g/mol. The van der Waals surface area contributed by atoms with Crippen LogP contribution in [0, 0.1) is 0 Å². The summed E-state index contributed by atoms with van der Waals surface area (Å²) >= 11 is 0. The Hall–Kier alpha value is -2.92. The van der Waals surface area contributed by atoms with Gasteiger partial charge in [-0.1, -0.05) is 18.2 Å². The first-order chi connectivity index (χ1) is 14.8. The van der Waals surface area contributed by atoms with E-state index in [0.29, 0.717) is 17.1 Å². The highest BCUT2D eigenvalue weighted by molar-refractivity contribution is 7.33. The van der Waals surface area contributed by atoms with Crippen molar-refractivity contribution in [3.8, 4) is 5.75 Å². The molecule has 0 radical (unpaired) electrons. The quantitative estimate of drug-likeness (QED) is 0.457. The van der Waals surface area contributed by atoms with Crippen LogP contribution in [-0.4, -0.2) is 56.2 Å². The van der Waals surface area contributed by atoms with Crippen molar-refractivity contribution in [3.63, 3.8) is 0 Å². The number of para-hydroxylation sites is 1. The molecule has 0 bridgehead atoms. The van der Waals surface area contributed by atoms with Crippen molar-refractivity contribution in [2.75, 3.05) is 24.7 Å². The lowest BCUT2D eigenvalue weighted by atomic mass is 9.99. The Kier molecular flexibility index (Phi) is 5.71. The van der Waals surface area contributed by atoms with E-state index in [0.717, 1.165) is 0 Å². The van der Waals surface area contributed by atoms with E-state index in [1.54, 1.807) is 37.4 Å². The lowest BCUT2D eigenvalue weighted by Crippen LogP contribution is -2.42. The number of ether oxygens (including phenoxy) is 1. The molecule has 1 aliphatic rings. The molecular weight excluding hydrogens is 430 g/mol. The molecule has 1 fully saturated rings. The van der Waals surface area contributed by atoms with Crippen molar-refractivity contribution in [1.82, 2.24) is 19.5 Å². The molecule has 11 nitrogen and oxygen atoms in total. The molecule has 1 unspecified atom stereocenters. The molecule has 13 heteroatoms. The number of anilines is 2. The van der Waals surface area contributed by atoms with Crippen molar-refractivity contribution >= 4 is 31.2 Å². The summed E-state index contributed by atoms with van der Waals surface area (Å²) in [5.74, 6) is 0.690. The summed E-state index contributed by atoms with van der Waals surface area (Å²) in [5.41, 5.74) is 4.83. The number of alkyl halides is 1. The van der Waals surface area contributed by atoms with Crippen molar-refractivity contribution in [1.29, 1.82) is 0 Å². The fourth-order valence-corrected chi connectivity index (χ4v) is 4.01. The highest BCUT2D eigenvalue weighted by Gasteiger charge is 2.55. The number of nitrogens with one attached hydrogen (secondary N) is 1. The van der Waals surface area contributed by atoms with Crippen molar-refractivity contribution in [3.05, 3.63) is 36.7 Å². The zero-order chi connectivity index (χ0) is 22.2. The molecule has 0 spiro atoms. The maximum Gasteiger partial charge on any atom is 0.750 e. The molecule has 1 aliphatic heterocycles. The summed E-state index contributed by atoms with van der Waals surface area (Å²) in [6, 6.07) is 8.44. The monoisotopic (exact) mass is 451 g/mol. The van der Waals surface area contributed by atoms with Gasteiger partial charge in [-0.2, -0.15) is 9.97 Å². The van der Waals surface area contributed by atoms with Crippen LogP contribution in [0.25, 0.3) is 11.2 Å². The third-order valence-corrected chi connectivity index (χ3v) is 5.62. The van der Waals surface area contributed by atoms with Gasteiger partial charge < -0.3 is 20.9 Å². The fourth-order valence-electron chi connectivity index (χ4n) is 3.30. The van der Waals surface area contributed by atoms with E-state index in [1.165, 1.54) is 17.8 Å². The molecule has 4 N–H and O–H groups in total. The number of rotatable bonds is 7. The third-order valence-electron chi connectivity index (χ3n) is 4.92. The van der Waals surface area contributed by atoms with Gasteiger partial charge >= 0.3 is 8.25 Å². The summed E-state index contributed by atoms with van der Waals surface area (Å²) in [4.78, 5) is 12.3. The van der Waals surface area contributed by atoms with Gasteiger partial charge in [0, 0.05) is 11.6 Å². The number of fused-ring (bicyclic) bond motifs is 1. The number of nitrogen functional groups attached to an aromatic ring is 1. The van der Waals surface area contributed by atoms with Gasteiger partial charge in [0.15, 0.2) is 35.1 Å². The molecule has 4 rings (SSSR count). The number of hydrogen-bond donors (Lipinski definition) is 3. The standard InChI is InChI=1S/C18H21FN6O5P/c1-18(8-28-31(27)30-10-6-4-3-5-7-10)13(26)11(19)16(29-18)25-9-22-12-14(21-2)23-17(20)24-15(12)25/h3-7,9,11,13,16,26H,8H2,1-2H3,(H3,20,21,23,24)/q+1/t11-,13-,16+,18+/m0/s1. The number of benzene rings is 1. The molecule has 31 heavy (non-hydrogen) atoms. The molecule has 164 valence electrons. The summed E-state index contributed by atoms with van der Waals surface area (Å²) in [7, 11) is -0.925. The molecule has 0 saturated carbocycles. The smallest absolute Gasteiger partial charge is 0.387 e. The summed E-state index contributed by atoms with van der Waals surface area (Å²) in [5, 5.41) is 13.3. The molecule has 0 aliphatic carbocycles. The van der Waals surface area contributed by atoms with Gasteiger partial charge in [-0.05, 0) is 19.1 Å². The molecule has 0 amide bonds. The number of nitrogens with zero attached hydrogens (tertiary/aromatic N) is 4. The minimum absolute atomic E-state index is 0.0336. The van der Waals surface area contributed by atoms with Crippen LogP contribution in [0.4, 0.5) is 16.2 Å². The molecule has 3 heterocycles. The topological polar surface area (TPSA) is 147 Å². The molecule has 5 atom stereocenters. The van der Waals surface area contributed by atoms with Crippen LogP contribution >= 0.6 is 8.25 Å². The summed E-state index contributed by atoms with van der Waals surface area (Å²) in [6.07, 6.45) is -3.35. The van der Waals surface area contributed by atoms with Crippen LogP contribution in [0.2, 0.25) is 0 Å². The maximum atomic E-state index is 15.0. The van der Waals surface area contributed by atoms with Gasteiger partial charge in [-0.3, -0.25) is 4.57 Å². The Morgan fingerprint density at radius 2 is 2.13 bits per heavy atom. The highest BCUT2D eigenvalue weighted by Crippen LogP contribution is 2.42. The first-order valence-electron chi connectivity index (χ1n) is 9.33. The number of nitrogens with two attached hydrogens (primary N) is 1. The fraction of sp³-hybridized carbons (Fsp3) is 0.389. The predicted octanol–water partition coefficient (Wildman–Crippen LogP) is 2.19. The first kappa shape index (κ1) is 21.3. The normalized spacial score (nSPS) is 26.2. The van der Waals surface area contributed by atoms with Crippen LogP contribution in [-0.2, 0) is 13.8 Å². The summed E-state index contributed by atoms with van der Waals surface area (Å²) in [6.45, 7) is 1.08. The van der Waals surface area contributed by atoms with E-state index >= 15 is 4.39 Å². The number of imidazole rings is 1. The Bertz CT molecular complexity index is 1100. The first-order valence-corrected chi connectivity index (χ1v) is 10.4. The van der Waals surface area contributed by atoms with Gasteiger partial charge in [0.25, 0.3) is 0 Å². The zero-order valence-electron chi connectivity index (χ0n) is 16.7. The van der Waals surface area contributed by atoms with Crippen molar-refractivity contribution in [2.24, 2.45) is 0 Å². The van der Waals surface area contributed by atoms with Gasteiger partial charge in [-0.15, -0.1) is 4.52 Å². The minimum atomic E-state index is -2.56. The second-order valence-electron chi connectivity index (χ2n) is 7.12. The molecule has 3 aromatic rings. The molecule has 1 aromatic carbocycles. The SMILES string of the molecule is CNc1nc(N)nc2c1ncn2[C@@H]1O[C@](C)(CO[P+](=O)Oc2ccccc2)[C@@H](O)[C@@H]1F. The third kappa shape index (κ3) is 4.02. The molecule has 1 saturated heterocycles. The largest absolute Gasteiger partial charge is 0.750 e. The van der Waals surface area contributed by atoms with Crippen LogP contribution in [0.1, 0.15) is 13.2 Å². The van der Waals surface area contributed by atoms with Gasteiger partial charge in [0.1, 0.15) is 18.3 Å². The van der Waals surface area contributed by atoms with Gasteiger partial charge in [-0.25, -0.2) is 13.9 Å². The Morgan fingerprint density at radius 1 is 1.39 bits per heavy atom. The Balaban J connectivity index is 1.52. The number of aromatic nitrogens is 4. The predicted molar refractivity (Wildman–Crippen MR) is 109 cm³/mol. The number of hydrogen-bond acceptors (Lipinski definition) is 10. The van der Waals surface area contributed by atoms with E-state index in [-0.39, 0.29) is 18.2 Å². The van der Waals surface area contributed by atoms with Crippen LogP contribution < -0.4 is 15.6 Å². The summed E-state index contributed by atoms with van der Waals surface area (Å²) < 4.78 is 44.7. The highest BCUT2D eigenvalue weighted by atomic mass is 31.1. The van der Waals surface area contributed by atoms with E-state index in [4.69, 9.17) is 19.5 Å². The van der Waals surface area contributed by atoms with Gasteiger partial charge in [0.2, 0.25) is 5.95 Å². The van der Waals surface area contributed by atoms with Crippen LogP contribution in [0.3, 0.4) is 0 Å². The zero-order valence-corrected chi connectivity index (χ0v) is 17.6. The maximum absolute atomic E-state index is 15.0. The number of aliphatic hydroxyl groups excluding tert-OH is 1. The van der Waals surface area contributed by atoms with Crippen molar-refractivity contribution in [2.45, 2.75) is 31.0 Å². The van der Waals surface area contributed by atoms with E-state index in [2.05, 4.69) is 20.3 Å².